The molecule has 2 atom stereocenters. The summed E-state index contributed by atoms with van der Waals surface area (Å²) in [5.41, 5.74) is 1.72. The molecule has 1 amide bonds. The quantitative estimate of drug-likeness (QED) is 0.177. The highest BCUT2D eigenvalue weighted by molar-refractivity contribution is 7.55. The van der Waals surface area contributed by atoms with Crippen molar-refractivity contribution in [2.24, 2.45) is 5.92 Å². The standard InChI is InChI=1S/C30H36NO6P/c1-30(2,3)37-29(32)31(34-21-24-13-7-4-8-14-24)20-27-19-28(27)38(33,35-22-25-15-9-5-10-16-25)36-23-26-17-11-6-12-18-26/h4-18,27-28H,19-23H2,1-3H3/t27-,28+/m0/s1. The summed E-state index contributed by atoms with van der Waals surface area (Å²) in [6.07, 6.45) is 0.0128. The van der Waals surface area contributed by atoms with Gasteiger partial charge in [-0.3, -0.25) is 9.40 Å². The van der Waals surface area contributed by atoms with Crippen LogP contribution < -0.4 is 0 Å². The number of hydrogen-bond acceptors (Lipinski definition) is 6. The van der Waals surface area contributed by atoms with Gasteiger partial charge in [0.2, 0.25) is 0 Å². The number of hydroxylamine groups is 2. The van der Waals surface area contributed by atoms with Crippen LogP contribution in [0.25, 0.3) is 0 Å². The van der Waals surface area contributed by atoms with Crippen LogP contribution in [0.5, 0.6) is 0 Å². The molecular formula is C30H36NO6P. The normalized spacial score (nSPS) is 17.1. The molecule has 1 aliphatic carbocycles. The maximum absolute atomic E-state index is 14.1. The van der Waals surface area contributed by atoms with E-state index in [1.165, 1.54) is 5.06 Å². The number of carbonyl (C=O) groups is 1. The second-order valence-corrected chi connectivity index (χ2v) is 12.7. The van der Waals surface area contributed by atoms with Crippen molar-refractivity contribution in [2.45, 2.75) is 58.3 Å². The molecule has 1 aliphatic rings. The summed E-state index contributed by atoms with van der Waals surface area (Å²) in [6.45, 7) is 6.21. The van der Waals surface area contributed by atoms with Crippen molar-refractivity contribution >= 4 is 13.7 Å². The Morgan fingerprint density at radius 2 is 1.24 bits per heavy atom. The third kappa shape index (κ3) is 8.53. The van der Waals surface area contributed by atoms with E-state index in [1.54, 1.807) is 0 Å². The molecule has 0 aliphatic heterocycles. The first-order chi connectivity index (χ1) is 18.2. The molecule has 1 saturated carbocycles. The van der Waals surface area contributed by atoms with Crippen molar-refractivity contribution in [1.29, 1.82) is 0 Å². The third-order valence-corrected chi connectivity index (χ3v) is 8.45. The topological polar surface area (TPSA) is 74.3 Å². The van der Waals surface area contributed by atoms with Gasteiger partial charge in [0, 0.05) is 0 Å². The van der Waals surface area contributed by atoms with E-state index in [4.69, 9.17) is 18.6 Å². The van der Waals surface area contributed by atoms with Crippen LogP contribution >= 0.6 is 7.60 Å². The van der Waals surface area contributed by atoms with Gasteiger partial charge >= 0.3 is 13.7 Å². The number of rotatable bonds is 12. The van der Waals surface area contributed by atoms with Crippen molar-refractivity contribution in [2.75, 3.05) is 6.54 Å². The van der Waals surface area contributed by atoms with Gasteiger partial charge in [-0.1, -0.05) is 91.0 Å². The highest BCUT2D eigenvalue weighted by atomic mass is 31.2. The summed E-state index contributed by atoms with van der Waals surface area (Å²) in [6, 6.07) is 28.8. The summed E-state index contributed by atoms with van der Waals surface area (Å²) in [7, 11) is -3.51. The van der Waals surface area contributed by atoms with E-state index in [9.17, 15) is 9.36 Å². The molecule has 38 heavy (non-hydrogen) atoms. The van der Waals surface area contributed by atoms with E-state index in [2.05, 4.69) is 0 Å². The first-order valence-electron chi connectivity index (χ1n) is 12.9. The maximum Gasteiger partial charge on any atom is 0.434 e. The number of carbonyl (C=O) groups excluding carboxylic acids is 1. The molecule has 0 saturated heterocycles. The summed E-state index contributed by atoms with van der Waals surface area (Å²) >= 11 is 0. The van der Waals surface area contributed by atoms with Gasteiger partial charge in [0.1, 0.15) is 12.2 Å². The molecule has 0 heterocycles. The van der Waals surface area contributed by atoms with Crippen LogP contribution in [-0.4, -0.2) is 29.0 Å². The number of hydrogen-bond donors (Lipinski definition) is 0. The molecule has 0 N–H and O–H groups in total. The van der Waals surface area contributed by atoms with Gasteiger partial charge in [0.25, 0.3) is 0 Å². The third-order valence-electron chi connectivity index (χ3n) is 6.03. The van der Waals surface area contributed by atoms with E-state index < -0.39 is 19.3 Å². The Bertz CT molecular complexity index is 1150. The SMILES string of the molecule is CC(C)(C)OC(=O)N(C[C@@H]1C[C@H]1P(=O)(OCc1ccccc1)OCc1ccccc1)OCc1ccccc1. The van der Waals surface area contributed by atoms with Crippen molar-refractivity contribution in [3.8, 4) is 0 Å². The van der Waals surface area contributed by atoms with Gasteiger partial charge in [0.05, 0.1) is 25.4 Å². The number of amides is 1. The lowest BCUT2D eigenvalue weighted by atomic mass is 10.2. The Balaban J connectivity index is 1.45. The van der Waals surface area contributed by atoms with E-state index >= 15 is 0 Å². The second-order valence-electron chi connectivity index (χ2n) is 10.4. The van der Waals surface area contributed by atoms with Gasteiger partial charge in [-0.05, 0) is 49.8 Å². The second kappa shape index (κ2) is 12.7. The highest BCUT2D eigenvalue weighted by Gasteiger charge is 2.54. The zero-order valence-corrected chi connectivity index (χ0v) is 23.1. The molecule has 0 spiro atoms. The summed E-state index contributed by atoms with van der Waals surface area (Å²) < 4.78 is 31.7. The van der Waals surface area contributed by atoms with Crippen molar-refractivity contribution in [3.63, 3.8) is 0 Å². The Morgan fingerprint density at radius 3 is 1.68 bits per heavy atom. The highest BCUT2D eigenvalue weighted by Crippen LogP contribution is 2.66. The molecule has 0 radical (unpaired) electrons. The van der Waals surface area contributed by atoms with Crippen molar-refractivity contribution in [1.82, 2.24) is 5.06 Å². The van der Waals surface area contributed by atoms with Gasteiger partial charge in [-0.15, -0.1) is 0 Å². The van der Waals surface area contributed by atoms with Gasteiger partial charge in [-0.25, -0.2) is 4.79 Å². The average Bonchev–Trinajstić information content (AvgIpc) is 3.70. The lowest BCUT2D eigenvalue weighted by molar-refractivity contribution is -0.158. The van der Waals surface area contributed by atoms with E-state index in [1.807, 2.05) is 112 Å². The van der Waals surface area contributed by atoms with Gasteiger partial charge in [0.15, 0.2) is 0 Å². The number of benzene rings is 3. The minimum Gasteiger partial charge on any atom is -0.442 e. The summed E-state index contributed by atoms with van der Waals surface area (Å²) in [4.78, 5) is 18.9. The molecule has 0 bridgehead atoms. The van der Waals surface area contributed by atoms with E-state index in [-0.39, 0.29) is 37.9 Å². The van der Waals surface area contributed by atoms with Crippen molar-refractivity contribution < 1.29 is 28.0 Å². The lowest BCUT2D eigenvalue weighted by Crippen LogP contribution is -2.38. The Hall–Kier alpha value is -2.96. The molecule has 1 fully saturated rings. The van der Waals surface area contributed by atoms with Gasteiger partial charge < -0.3 is 13.8 Å². The summed E-state index contributed by atoms with van der Waals surface area (Å²) in [5, 5.41) is 1.24. The molecule has 0 unspecified atom stereocenters. The van der Waals surface area contributed by atoms with E-state index in [0.717, 1.165) is 16.7 Å². The average molecular weight is 538 g/mol. The monoisotopic (exact) mass is 537 g/mol. The predicted molar refractivity (Wildman–Crippen MR) is 146 cm³/mol. The van der Waals surface area contributed by atoms with Crippen LogP contribution in [0.4, 0.5) is 4.79 Å². The van der Waals surface area contributed by atoms with Gasteiger partial charge in [-0.2, -0.15) is 5.06 Å². The molecule has 4 rings (SSSR count). The van der Waals surface area contributed by atoms with Crippen LogP contribution in [0, 0.1) is 5.92 Å². The molecule has 3 aromatic carbocycles. The van der Waals surface area contributed by atoms with Crippen LogP contribution in [0.15, 0.2) is 91.0 Å². The maximum atomic E-state index is 14.1. The predicted octanol–water partition coefficient (Wildman–Crippen LogP) is 7.37. The zero-order chi connectivity index (χ0) is 27.0. The largest absolute Gasteiger partial charge is 0.442 e. The molecular weight excluding hydrogens is 501 g/mol. The number of nitrogens with zero attached hydrogens (tertiary/aromatic N) is 1. The number of ether oxygens (including phenoxy) is 1. The molecule has 3 aromatic rings. The lowest BCUT2D eigenvalue weighted by Gasteiger charge is -2.27. The smallest absolute Gasteiger partial charge is 0.434 e. The molecule has 8 heteroatoms. The van der Waals surface area contributed by atoms with E-state index in [0.29, 0.717) is 6.42 Å². The Labute approximate surface area is 225 Å². The zero-order valence-electron chi connectivity index (χ0n) is 22.2. The minimum absolute atomic E-state index is 0.115. The van der Waals surface area contributed by atoms with Crippen LogP contribution in [-0.2, 0) is 43.0 Å². The fourth-order valence-electron chi connectivity index (χ4n) is 3.95. The Morgan fingerprint density at radius 1 is 0.789 bits per heavy atom. The fourth-order valence-corrected chi connectivity index (χ4v) is 6.21. The molecule has 202 valence electrons. The van der Waals surface area contributed by atoms with Crippen LogP contribution in [0.1, 0.15) is 43.9 Å². The van der Waals surface area contributed by atoms with Crippen molar-refractivity contribution in [3.05, 3.63) is 108 Å². The fraction of sp³-hybridized carbons (Fsp3) is 0.367. The summed E-state index contributed by atoms with van der Waals surface area (Å²) in [5.74, 6) is -0.115. The van der Waals surface area contributed by atoms with Crippen LogP contribution in [0.3, 0.4) is 0 Å². The Kier molecular flexibility index (Phi) is 9.40. The van der Waals surface area contributed by atoms with Crippen LogP contribution in [0.2, 0.25) is 0 Å². The molecule has 0 aromatic heterocycles. The minimum atomic E-state index is -3.51. The first kappa shape index (κ1) is 28.1. The first-order valence-corrected chi connectivity index (χ1v) is 14.5. The molecule has 7 nitrogen and oxygen atoms in total.